The number of hydrogen-bond acceptors (Lipinski definition) is 5. The molecule has 0 saturated carbocycles. The fraction of sp³-hybridized carbons (Fsp3) is 0.250. The molecular formula is C16H17BrN2O3. The first kappa shape index (κ1) is 16.3. The molecule has 1 aromatic carbocycles. The van der Waals surface area contributed by atoms with E-state index in [1.165, 1.54) is 0 Å². The van der Waals surface area contributed by atoms with E-state index in [4.69, 9.17) is 14.3 Å². The van der Waals surface area contributed by atoms with E-state index in [0.29, 0.717) is 11.5 Å². The highest BCUT2D eigenvalue weighted by Crippen LogP contribution is 2.28. The Kier molecular flexibility index (Phi) is 5.77. The van der Waals surface area contributed by atoms with Crippen LogP contribution in [0.2, 0.25) is 0 Å². The number of pyridine rings is 1. The quantitative estimate of drug-likeness (QED) is 0.578. The maximum Gasteiger partial charge on any atom is 0.149 e. The average Bonchev–Trinajstić information content (AvgIpc) is 2.50. The molecule has 0 N–H and O–H groups in total. The molecule has 2 aromatic rings. The Labute approximate surface area is 138 Å². The van der Waals surface area contributed by atoms with Crippen LogP contribution in [0.25, 0.3) is 0 Å². The maximum absolute atomic E-state index is 5.34. The van der Waals surface area contributed by atoms with Crippen molar-refractivity contribution in [3.63, 3.8) is 0 Å². The Hall–Kier alpha value is -2.08. The van der Waals surface area contributed by atoms with Gasteiger partial charge in [-0.3, -0.25) is 4.98 Å². The Bertz CT molecular complexity index is 632. The van der Waals surface area contributed by atoms with Crippen molar-refractivity contribution >= 4 is 22.1 Å². The van der Waals surface area contributed by atoms with Crippen LogP contribution in [0, 0.1) is 6.92 Å². The van der Waals surface area contributed by atoms with Crippen LogP contribution in [0.5, 0.6) is 11.5 Å². The highest BCUT2D eigenvalue weighted by molar-refractivity contribution is 9.10. The van der Waals surface area contributed by atoms with Crippen molar-refractivity contribution in [2.75, 3.05) is 14.2 Å². The zero-order valence-corrected chi connectivity index (χ0v) is 14.3. The summed E-state index contributed by atoms with van der Waals surface area (Å²) >= 11 is 3.42. The number of nitrogens with zero attached hydrogens (tertiary/aromatic N) is 2. The minimum absolute atomic E-state index is 0.247. The molecule has 0 unspecified atom stereocenters. The van der Waals surface area contributed by atoms with E-state index in [1.54, 1.807) is 20.4 Å². The van der Waals surface area contributed by atoms with E-state index in [-0.39, 0.29) is 6.61 Å². The number of halogens is 1. The van der Waals surface area contributed by atoms with E-state index in [9.17, 15) is 0 Å². The molecule has 5 nitrogen and oxygen atoms in total. The Morgan fingerprint density at radius 1 is 1.18 bits per heavy atom. The van der Waals surface area contributed by atoms with Crippen LogP contribution in [0.4, 0.5) is 0 Å². The number of oxime groups is 1. The lowest BCUT2D eigenvalue weighted by atomic mass is 10.2. The minimum atomic E-state index is 0.247. The summed E-state index contributed by atoms with van der Waals surface area (Å²) in [6.45, 7) is 2.17. The highest BCUT2D eigenvalue weighted by Gasteiger charge is 2.09. The van der Waals surface area contributed by atoms with Crippen LogP contribution in [0.1, 0.15) is 17.0 Å². The second kappa shape index (κ2) is 7.79. The van der Waals surface area contributed by atoms with Gasteiger partial charge in [0.05, 0.1) is 31.7 Å². The molecule has 0 amide bonds. The van der Waals surface area contributed by atoms with Crippen LogP contribution >= 0.6 is 15.9 Å². The van der Waals surface area contributed by atoms with E-state index >= 15 is 0 Å². The van der Waals surface area contributed by atoms with Crippen molar-refractivity contribution in [1.29, 1.82) is 0 Å². The number of hydrogen-bond donors (Lipinski definition) is 0. The molecule has 2 rings (SSSR count). The Morgan fingerprint density at radius 2 is 1.86 bits per heavy atom. The number of benzene rings is 1. The predicted molar refractivity (Wildman–Crippen MR) is 88.6 cm³/mol. The lowest BCUT2D eigenvalue weighted by Gasteiger charge is -2.11. The highest BCUT2D eigenvalue weighted by atomic mass is 79.9. The van der Waals surface area contributed by atoms with Crippen LogP contribution in [0.15, 0.2) is 40.0 Å². The predicted octanol–water partition coefficient (Wildman–Crippen LogP) is 3.72. The van der Waals surface area contributed by atoms with Crippen molar-refractivity contribution < 1.29 is 14.3 Å². The van der Waals surface area contributed by atoms with Gasteiger partial charge in [-0.25, -0.2) is 0 Å². The van der Waals surface area contributed by atoms with Crippen LogP contribution in [-0.2, 0) is 11.4 Å². The summed E-state index contributed by atoms with van der Waals surface area (Å²) in [4.78, 5) is 9.68. The number of ether oxygens (including phenoxy) is 2. The molecule has 0 aliphatic carbocycles. The normalized spacial score (nSPS) is 10.7. The third-order valence-corrected chi connectivity index (χ3v) is 3.39. The summed E-state index contributed by atoms with van der Waals surface area (Å²) in [5.41, 5.74) is 2.43. The van der Waals surface area contributed by atoms with Gasteiger partial charge in [0, 0.05) is 10.2 Å². The van der Waals surface area contributed by atoms with Gasteiger partial charge in [-0.2, -0.15) is 0 Å². The largest absolute Gasteiger partial charge is 0.496 e. The maximum atomic E-state index is 5.34. The van der Waals surface area contributed by atoms with Crippen LogP contribution in [-0.4, -0.2) is 25.4 Å². The summed E-state index contributed by atoms with van der Waals surface area (Å²) in [6, 6.07) is 9.36. The third-order valence-electron chi connectivity index (χ3n) is 2.94. The first-order valence-corrected chi connectivity index (χ1v) is 7.42. The number of aryl methyl sites for hydroxylation is 1. The third kappa shape index (κ3) is 4.21. The number of rotatable bonds is 6. The fourth-order valence-electron chi connectivity index (χ4n) is 1.98. The number of methoxy groups -OCH3 is 2. The molecule has 0 aliphatic rings. The van der Waals surface area contributed by atoms with Crippen molar-refractivity contribution in [2.24, 2.45) is 5.16 Å². The molecular weight excluding hydrogens is 348 g/mol. The van der Waals surface area contributed by atoms with E-state index in [2.05, 4.69) is 26.1 Å². The summed E-state index contributed by atoms with van der Waals surface area (Å²) in [7, 11) is 3.21. The molecule has 0 atom stereocenters. The molecule has 1 aromatic heterocycles. The molecule has 0 aliphatic heterocycles. The van der Waals surface area contributed by atoms with E-state index in [0.717, 1.165) is 21.4 Å². The molecule has 0 saturated heterocycles. The van der Waals surface area contributed by atoms with Gasteiger partial charge in [-0.15, -0.1) is 0 Å². The molecule has 0 radical (unpaired) electrons. The van der Waals surface area contributed by atoms with E-state index < -0.39 is 0 Å². The Morgan fingerprint density at radius 3 is 2.45 bits per heavy atom. The SMILES string of the molecule is COc1cccc(OC)c1CON=Cc1cc(Br)cc(C)n1. The number of aromatic nitrogens is 1. The molecule has 1 heterocycles. The summed E-state index contributed by atoms with van der Waals surface area (Å²) in [5.74, 6) is 1.40. The van der Waals surface area contributed by atoms with Gasteiger partial charge in [-0.05, 0) is 31.2 Å². The molecule has 0 fully saturated rings. The van der Waals surface area contributed by atoms with Crippen molar-refractivity contribution in [2.45, 2.75) is 13.5 Å². The van der Waals surface area contributed by atoms with Gasteiger partial charge >= 0.3 is 0 Å². The van der Waals surface area contributed by atoms with Crippen LogP contribution < -0.4 is 9.47 Å². The van der Waals surface area contributed by atoms with Gasteiger partial charge in [0.25, 0.3) is 0 Å². The standard InChI is InChI=1S/C16H17BrN2O3/c1-11-7-12(17)8-13(19-11)9-18-22-10-14-15(20-2)5-4-6-16(14)21-3/h4-9H,10H2,1-3H3. The minimum Gasteiger partial charge on any atom is -0.496 e. The van der Waals surface area contributed by atoms with Crippen molar-refractivity contribution in [3.05, 3.63) is 51.8 Å². The first-order chi connectivity index (χ1) is 10.6. The second-order valence-corrected chi connectivity index (χ2v) is 5.42. The summed E-state index contributed by atoms with van der Waals surface area (Å²) in [5, 5.41) is 3.95. The fourth-order valence-corrected chi connectivity index (χ4v) is 2.55. The van der Waals surface area contributed by atoms with E-state index in [1.807, 2.05) is 37.3 Å². The zero-order valence-electron chi connectivity index (χ0n) is 12.7. The Balaban J connectivity index is 2.06. The monoisotopic (exact) mass is 364 g/mol. The van der Waals surface area contributed by atoms with Crippen molar-refractivity contribution in [3.8, 4) is 11.5 Å². The second-order valence-electron chi connectivity index (χ2n) is 4.50. The van der Waals surface area contributed by atoms with Crippen molar-refractivity contribution in [1.82, 2.24) is 4.98 Å². The average molecular weight is 365 g/mol. The lowest BCUT2D eigenvalue weighted by Crippen LogP contribution is -1.98. The molecule has 6 heteroatoms. The molecule has 116 valence electrons. The summed E-state index contributed by atoms with van der Waals surface area (Å²) < 4.78 is 11.6. The van der Waals surface area contributed by atoms with Gasteiger partial charge in [-0.1, -0.05) is 27.2 Å². The van der Waals surface area contributed by atoms with Gasteiger partial charge in [0.1, 0.15) is 18.1 Å². The summed E-state index contributed by atoms with van der Waals surface area (Å²) in [6.07, 6.45) is 1.57. The molecule has 0 spiro atoms. The lowest BCUT2D eigenvalue weighted by molar-refractivity contribution is 0.127. The van der Waals surface area contributed by atoms with Gasteiger partial charge in [0.15, 0.2) is 0 Å². The smallest absolute Gasteiger partial charge is 0.149 e. The topological polar surface area (TPSA) is 52.9 Å². The van der Waals surface area contributed by atoms with Gasteiger partial charge in [0.2, 0.25) is 0 Å². The molecule has 0 bridgehead atoms. The zero-order chi connectivity index (χ0) is 15.9. The van der Waals surface area contributed by atoms with Crippen LogP contribution in [0.3, 0.4) is 0 Å². The van der Waals surface area contributed by atoms with Gasteiger partial charge < -0.3 is 14.3 Å². The molecule has 22 heavy (non-hydrogen) atoms. The first-order valence-electron chi connectivity index (χ1n) is 6.63.